The SMILES string of the molecule is C#CCON(CC)C(=O)Cl. The highest BCUT2D eigenvalue weighted by atomic mass is 35.5. The van der Waals surface area contributed by atoms with E-state index in [1.165, 1.54) is 0 Å². The minimum atomic E-state index is -0.655. The minimum Gasteiger partial charge on any atom is -0.257 e. The lowest BCUT2D eigenvalue weighted by Gasteiger charge is -2.13. The highest BCUT2D eigenvalue weighted by Gasteiger charge is 2.06. The Morgan fingerprint density at radius 1 is 1.90 bits per heavy atom. The van der Waals surface area contributed by atoms with Crippen molar-refractivity contribution in [1.29, 1.82) is 0 Å². The maximum atomic E-state index is 10.4. The van der Waals surface area contributed by atoms with Crippen LogP contribution in [0, 0.1) is 12.3 Å². The summed E-state index contributed by atoms with van der Waals surface area (Å²) in [7, 11) is 0. The van der Waals surface area contributed by atoms with E-state index in [4.69, 9.17) is 22.9 Å². The van der Waals surface area contributed by atoms with Crippen molar-refractivity contribution in [2.75, 3.05) is 13.2 Å². The Morgan fingerprint density at radius 3 is 2.80 bits per heavy atom. The highest BCUT2D eigenvalue weighted by Crippen LogP contribution is 1.95. The first-order chi connectivity index (χ1) is 4.72. The molecule has 0 aliphatic heterocycles. The molecule has 1 amide bonds. The molecule has 0 bridgehead atoms. The Bertz CT molecular complexity index is 152. The quantitative estimate of drug-likeness (QED) is 0.270. The van der Waals surface area contributed by atoms with Crippen LogP contribution in [0.5, 0.6) is 0 Å². The summed E-state index contributed by atoms with van der Waals surface area (Å²) in [5.74, 6) is 2.21. The van der Waals surface area contributed by atoms with Crippen LogP contribution in [-0.2, 0) is 4.84 Å². The van der Waals surface area contributed by atoms with Crippen molar-refractivity contribution in [3.8, 4) is 12.3 Å². The van der Waals surface area contributed by atoms with E-state index < -0.39 is 5.37 Å². The van der Waals surface area contributed by atoms with Crippen LogP contribution < -0.4 is 0 Å². The van der Waals surface area contributed by atoms with Crippen LogP contribution in [0.4, 0.5) is 4.79 Å². The van der Waals surface area contributed by atoms with Crippen LogP contribution in [0.2, 0.25) is 0 Å². The van der Waals surface area contributed by atoms with Crippen molar-refractivity contribution in [2.24, 2.45) is 0 Å². The molecular weight excluding hydrogens is 154 g/mol. The number of hydroxylamine groups is 2. The van der Waals surface area contributed by atoms with Crippen molar-refractivity contribution >= 4 is 17.0 Å². The molecule has 0 aromatic carbocycles. The molecule has 0 fully saturated rings. The van der Waals surface area contributed by atoms with Gasteiger partial charge in [0.2, 0.25) is 0 Å². The Balaban J connectivity index is 3.63. The molecule has 3 nitrogen and oxygen atoms in total. The molecule has 0 aromatic rings. The maximum absolute atomic E-state index is 10.4. The highest BCUT2D eigenvalue weighted by molar-refractivity contribution is 6.62. The third-order valence-corrected chi connectivity index (χ3v) is 0.976. The second-order valence-electron chi connectivity index (χ2n) is 1.43. The molecule has 0 saturated heterocycles. The molecule has 0 spiro atoms. The zero-order chi connectivity index (χ0) is 7.98. The molecular formula is C6H8ClNO2. The van der Waals surface area contributed by atoms with Crippen LogP contribution >= 0.6 is 11.6 Å². The van der Waals surface area contributed by atoms with Crippen LogP contribution in [0.1, 0.15) is 6.92 Å². The van der Waals surface area contributed by atoms with E-state index >= 15 is 0 Å². The van der Waals surface area contributed by atoms with Crippen molar-refractivity contribution < 1.29 is 9.63 Å². The molecule has 4 heteroatoms. The second kappa shape index (κ2) is 5.10. The lowest BCUT2D eigenvalue weighted by Crippen LogP contribution is -2.26. The van der Waals surface area contributed by atoms with Crippen molar-refractivity contribution in [2.45, 2.75) is 6.92 Å². The number of amides is 1. The van der Waals surface area contributed by atoms with Gasteiger partial charge in [-0.2, -0.15) is 0 Å². The van der Waals surface area contributed by atoms with Gasteiger partial charge in [-0.05, 0) is 18.5 Å². The molecule has 0 aromatic heterocycles. The summed E-state index contributed by atoms with van der Waals surface area (Å²) in [6, 6.07) is 0. The molecule has 0 heterocycles. The van der Waals surface area contributed by atoms with E-state index in [-0.39, 0.29) is 6.61 Å². The van der Waals surface area contributed by atoms with Crippen molar-refractivity contribution in [3.63, 3.8) is 0 Å². The predicted octanol–water partition coefficient (Wildman–Crippen LogP) is 1.23. The molecule has 0 aliphatic rings. The van der Waals surface area contributed by atoms with E-state index in [0.717, 1.165) is 5.06 Å². The fraction of sp³-hybridized carbons (Fsp3) is 0.500. The summed E-state index contributed by atoms with van der Waals surface area (Å²) in [6.45, 7) is 2.19. The summed E-state index contributed by atoms with van der Waals surface area (Å²) in [5, 5.41) is 0.333. The van der Waals surface area contributed by atoms with E-state index in [0.29, 0.717) is 6.54 Å². The van der Waals surface area contributed by atoms with Gasteiger partial charge in [-0.25, -0.2) is 5.06 Å². The third-order valence-electron chi connectivity index (χ3n) is 0.787. The lowest BCUT2D eigenvalue weighted by atomic mass is 10.7. The van der Waals surface area contributed by atoms with E-state index in [9.17, 15) is 4.79 Å². The second-order valence-corrected chi connectivity index (χ2v) is 1.75. The number of terminal acetylenes is 1. The van der Waals surface area contributed by atoms with E-state index in [1.807, 2.05) is 0 Å². The third kappa shape index (κ3) is 3.33. The molecule has 56 valence electrons. The van der Waals surface area contributed by atoms with Gasteiger partial charge >= 0.3 is 5.37 Å². The summed E-state index contributed by atoms with van der Waals surface area (Å²) in [6.07, 6.45) is 4.88. The van der Waals surface area contributed by atoms with Crippen LogP contribution in [0.15, 0.2) is 0 Å². The van der Waals surface area contributed by atoms with Crippen molar-refractivity contribution in [1.82, 2.24) is 5.06 Å². The zero-order valence-corrected chi connectivity index (χ0v) is 6.39. The molecule has 0 rings (SSSR count). The summed E-state index contributed by atoms with van der Waals surface area (Å²) >= 11 is 5.07. The Labute approximate surface area is 64.9 Å². The van der Waals surface area contributed by atoms with Gasteiger partial charge < -0.3 is 0 Å². The number of hydrogen-bond acceptors (Lipinski definition) is 2. The number of carbonyl (C=O) groups is 1. The predicted molar refractivity (Wildman–Crippen MR) is 38.4 cm³/mol. The van der Waals surface area contributed by atoms with E-state index in [1.54, 1.807) is 6.92 Å². The average Bonchev–Trinajstić information content (AvgIpc) is 1.89. The number of hydrogen-bond donors (Lipinski definition) is 0. The van der Waals surface area contributed by atoms with Gasteiger partial charge in [-0.3, -0.25) is 9.63 Å². The molecule has 0 unspecified atom stereocenters. The lowest BCUT2D eigenvalue weighted by molar-refractivity contribution is -0.0905. The number of nitrogens with zero attached hydrogens (tertiary/aromatic N) is 1. The Kier molecular flexibility index (Phi) is 4.73. The van der Waals surface area contributed by atoms with Gasteiger partial charge in [-0.15, -0.1) is 6.42 Å². The number of halogens is 1. The van der Waals surface area contributed by atoms with Gasteiger partial charge in [-0.1, -0.05) is 5.92 Å². The molecule has 10 heavy (non-hydrogen) atoms. The minimum absolute atomic E-state index is 0.0618. The molecule has 0 saturated carbocycles. The Hall–Kier alpha value is -0.720. The van der Waals surface area contributed by atoms with Crippen LogP contribution in [0.25, 0.3) is 0 Å². The molecule has 0 atom stereocenters. The largest absolute Gasteiger partial charge is 0.340 e. The standard InChI is InChI=1S/C6H8ClNO2/c1-3-5-10-8(4-2)6(7)9/h1H,4-5H2,2H3. The topological polar surface area (TPSA) is 29.5 Å². The summed E-state index contributed by atoms with van der Waals surface area (Å²) < 4.78 is 0. The summed E-state index contributed by atoms with van der Waals surface area (Å²) in [5.41, 5.74) is 0. The fourth-order valence-electron chi connectivity index (χ4n) is 0.382. The zero-order valence-electron chi connectivity index (χ0n) is 5.63. The Morgan fingerprint density at radius 2 is 2.50 bits per heavy atom. The van der Waals surface area contributed by atoms with Gasteiger partial charge in [0, 0.05) is 6.54 Å². The normalized spacial score (nSPS) is 8.50. The van der Waals surface area contributed by atoms with Crippen LogP contribution in [-0.4, -0.2) is 23.6 Å². The molecule has 0 aliphatic carbocycles. The summed E-state index contributed by atoms with van der Waals surface area (Å²) in [4.78, 5) is 15.1. The number of rotatable bonds is 3. The van der Waals surface area contributed by atoms with Crippen molar-refractivity contribution in [3.05, 3.63) is 0 Å². The smallest absolute Gasteiger partial charge is 0.257 e. The van der Waals surface area contributed by atoms with Gasteiger partial charge in [0.1, 0.15) is 6.61 Å². The van der Waals surface area contributed by atoms with Gasteiger partial charge in [0.05, 0.1) is 0 Å². The fourth-order valence-corrected chi connectivity index (χ4v) is 0.550. The first-order valence-corrected chi connectivity index (χ1v) is 3.13. The van der Waals surface area contributed by atoms with Gasteiger partial charge in [0.25, 0.3) is 0 Å². The van der Waals surface area contributed by atoms with Gasteiger partial charge in [0.15, 0.2) is 0 Å². The van der Waals surface area contributed by atoms with Crippen LogP contribution in [0.3, 0.4) is 0 Å². The monoisotopic (exact) mass is 161 g/mol. The number of carbonyl (C=O) groups excluding carboxylic acids is 1. The maximum Gasteiger partial charge on any atom is 0.340 e. The first kappa shape index (κ1) is 9.28. The van der Waals surface area contributed by atoms with E-state index in [2.05, 4.69) is 5.92 Å². The first-order valence-electron chi connectivity index (χ1n) is 2.75. The molecule has 0 radical (unpaired) electrons. The molecule has 0 N–H and O–H groups in total. The average molecular weight is 162 g/mol.